The summed E-state index contributed by atoms with van der Waals surface area (Å²) in [5, 5.41) is 6.80. The smallest absolute Gasteiger partial charge is 0.191 e. The molecular weight excluding hydrogens is 403 g/mol. The van der Waals surface area contributed by atoms with Gasteiger partial charge in [-0.3, -0.25) is 4.99 Å². The highest BCUT2D eigenvalue weighted by Crippen LogP contribution is 2.10. The van der Waals surface area contributed by atoms with Crippen molar-refractivity contribution in [3.05, 3.63) is 0 Å². The maximum Gasteiger partial charge on any atom is 0.191 e. The zero-order valence-corrected chi connectivity index (χ0v) is 17.8. The molecule has 1 rings (SSSR count). The molecule has 1 atom stereocenters. The molecule has 0 saturated carbocycles. The second-order valence-corrected chi connectivity index (χ2v) is 6.35. The molecule has 1 fully saturated rings. The lowest BCUT2D eigenvalue weighted by Gasteiger charge is -2.26. The van der Waals surface area contributed by atoms with Crippen molar-refractivity contribution in [2.24, 2.45) is 10.9 Å². The maximum atomic E-state index is 5.77. The molecule has 1 saturated heterocycles. The van der Waals surface area contributed by atoms with Gasteiger partial charge in [-0.15, -0.1) is 24.0 Å². The van der Waals surface area contributed by atoms with Gasteiger partial charge in [0.15, 0.2) is 5.96 Å². The molecule has 1 aliphatic heterocycles. The van der Waals surface area contributed by atoms with E-state index in [0.717, 1.165) is 38.6 Å². The van der Waals surface area contributed by atoms with Crippen LogP contribution >= 0.6 is 24.0 Å². The summed E-state index contributed by atoms with van der Waals surface area (Å²) in [6, 6.07) is 0. The number of aliphatic imine (C=N–C) groups is 1. The van der Waals surface area contributed by atoms with Crippen molar-refractivity contribution in [1.29, 1.82) is 0 Å². The summed E-state index contributed by atoms with van der Waals surface area (Å²) in [6.45, 7) is 12.7. The van der Waals surface area contributed by atoms with Crippen molar-refractivity contribution in [2.45, 2.75) is 52.6 Å². The lowest BCUT2D eigenvalue weighted by molar-refractivity contribution is 0.0258. The van der Waals surface area contributed by atoms with Crippen LogP contribution in [0.1, 0.15) is 46.5 Å². The predicted molar refractivity (Wildman–Crippen MR) is 110 cm³/mol. The van der Waals surface area contributed by atoms with Gasteiger partial charge in [0.05, 0.1) is 6.10 Å². The Kier molecular flexibility index (Phi) is 14.2. The van der Waals surface area contributed by atoms with Gasteiger partial charge in [-0.25, -0.2) is 0 Å². The Morgan fingerprint density at radius 3 is 2.35 bits per heavy atom. The van der Waals surface area contributed by atoms with Crippen LogP contribution in [-0.2, 0) is 4.74 Å². The van der Waals surface area contributed by atoms with E-state index in [1.807, 2.05) is 7.05 Å². The summed E-state index contributed by atoms with van der Waals surface area (Å²) in [4.78, 5) is 6.83. The number of ether oxygens (including phenoxy) is 1. The number of rotatable bonds is 9. The Morgan fingerprint density at radius 1 is 1.13 bits per heavy atom. The van der Waals surface area contributed by atoms with E-state index in [1.54, 1.807) is 0 Å². The van der Waals surface area contributed by atoms with E-state index < -0.39 is 0 Å². The van der Waals surface area contributed by atoms with Crippen molar-refractivity contribution in [3.8, 4) is 0 Å². The Bertz CT molecular complexity index is 307. The fourth-order valence-electron chi connectivity index (χ4n) is 2.89. The van der Waals surface area contributed by atoms with Crippen LogP contribution in [0.2, 0.25) is 0 Å². The van der Waals surface area contributed by atoms with Gasteiger partial charge in [-0.2, -0.15) is 0 Å². The average Bonchev–Trinajstić information content (AvgIpc) is 2.53. The number of hydrogen-bond acceptors (Lipinski definition) is 3. The number of nitrogens with zero attached hydrogens (tertiary/aromatic N) is 2. The summed E-state index contributed by atoms with van der Waals surface area (Å²) >= 11 is 0. The van der Waals surface area contributed by atoms with Gasteiger partial charge in [0.2, 0.25) is 0 Å². The van der Waals surface area contributed by atoms with Crippen LogP contribution in [0.25, 0.3) is 0 Å². The van der Waals surface area contributed by atoms with Crippen molar-refractivity contribution in [1.82, 2.24) is 15.5 Å². The van der Waals surface area contributed by atoms with Gasteiger partial charge in [-0.1, -0.05) is 20.3 Å². The fourth-order valence-corrected chi connectivity index (χ4v) is 2.89. The number of likely N-dealkylation sites (tertiary alicyclic amines) is 1. The summed E-state index contributed by atoms with van der Waals surface area (Å²) in [5.74, 6) is 1.45. The number of piperidine rings is 1. The lowest BCUT2D eigenvalue weighted by atomic mass is 10.0. The summed E-state index contributed by atoms with van der Waals surface area (Å²) in [6.07, 6.45) is 5.42. The lowest BCUT2D eigenvalue weighted by Crippen LogP contribution is -2.43. The normalized spacial score (nSPS) is 17.7. The molecule has 6 heteroatoms. The minimum absolute atomic E-state index is 0. The molecular formula is C17H37IN4O. The quantitative estimate of drug-likeness (QED) is 0.329. The summed E-state index contributed by atoms with van der Waals surface area (Å²) in [5.41, 5.74) is 0. The van der Waals surface area contributed by atoms with Crippen molar-refractivity contribution in [3.63, 3.8) is 0 Å². The predicted octanol–water partition coefficient (Wildman–Crippen LogP) is 2.71. The average molecular weight is 440 g/mol. The monoisotopic (exact) mass is 440 g/mol. The van der Waals surface area contributed by atoms with E-state index in [9.17, 15) is 0 Å². The first kappa shape index (κ1) is 22.9. The first-order valence-corrected chi connectivity index (χ1v) is 8.95. The first-order chi connectivity index (χ1) is 10.7. The molecule has 0 aromatic rings. The minimum atomic E-state index is 0. The van der Waals surface area contributed by atoms with Crippen LogP contribution in [0.3, 0.4) is 0 Å². The second kappa shape index (κ2) is 14.3. The van der Waals surface area contributed by atoms with E-state index in [4.69, 9.17) is 4.74 Å². The molecule has 0 spiro atoms. The van der Waals surface area contributed by atoms with Crippen molar-refractivity contribution < 1.29 is 4.74 Å². The van der Waals surface area contributed by atoms with Crippen LogP contribution < -0.4 is 10.6 Å². The number of hydrogen-bond donors (Lipinski definition) is 2. The Balaban J connectivity index is 0.00000484. The van der Waals surface area contributed by atoms with E-state index in [2.05, 4.69) is 41.3 Å². The van der Waals surface area contributed by atoms with E-state index in [-0.39, 0.29) is 24.0 Å². The Morgan fingerprint density at radius 2 is 1.78 bits per heavy atom. The van der Waals surface area contributed by atoms with Gasteiger partial charge < -0.3 is 20.3 Å². The SMILES string of the molecule is CCOC(CCNC(=NC)NCCN1CCCCC1)C(C)C.I. The Labute approximate surface area is 160 Å². The zero-order valence-electron chi connectivity index (χ0n) is 15.4. The highest BCUT2D eigenvalue weighted by atomic mass is 127. The molecule has 5 nitrogen and oxygen atoms in total. The largest absolute Gasteiger partial charge is 0.378 e. The minimum Gasteiger partial charge on any atom is -0.378 e. The number of guanidine groups is 1. The topological polar surface area (TPSA) is 48.9 Å². The molecule has 0 amide bonds. The van der Waals surface area contributed by atoms with Crippen LogP contribution in [-0.4, -0.2) is 63.3 Å². The molecule has 2 N–H and O–H groups in total. The maximum absolute atomic E-state index is 5.77. The second-order valence-electron chi connectivity index (χ2n) is 6.35. The Hall–Kier alpha value is -0.0800. The summed E-state index contributed by atoms with van der Waals surface area (Å²) < 4.78 is 5.77. The van der Waals surface area contributed by atoms with Crippen LogP contribution in [0.15, 0.2) is 4.99 Å². The summed E-state index contributed by atoms with van der Waals surface area (Å²) in [7, 11) is 1.83. The fraction of sp³-hybridized carbons (Fsp3) is 0.941. The molecule has 1 unspecified atom stereocenters. The van der Waals surface area contributed by atoms with Gasteiger partial charge in [0.1, 0.15) is 0 Å². The molecule has 0 radical (unpaired) electrons. The third-order valence-corrected chi connectivity index (χ3v) is 4.24. The zero-order chi connectivity index (χ0) is 16.2. The van der Waals surface area contributed by atoms with Crippen LogP contribution in [0, 0.1) is 5.92 Å². The molecule has 1 aliphatic rings. The highest BCUT2D eigenvalue weighted by Gasteiger charge is 2.13. The standard InChI is InChI=1S/C17H36N4O.HI/c1-5-22-16(15(2)3)9-10-19-17(18-4)20-11-14-21-12-7-6-8-13-21;/h15-16H,5-14H2,1-4H3,(H2,18,19,20);1H. The highest BCUT2D eigenvalue weighted by molar-refractivity contribution is 14.0. The molecule has 138 valence electrons. The van der Waals surface area contributed by atoms with E-state index in [1.165, 1.54) is 32.4 Å². The van der Waals surface area contributed by atoms with E-state index >= 15 is 0 Å². The molecule has 1 heterocycles. The molecule has 0 aromatic heterocycles. The molecule has 0 bridgehead atoms. The molecule has 0 aliphatic carbocycles. The van der Waals surface area contributed by atoms with Crippen molar-refractivity contribution >= 4 is 29.9 Å². The first-order valence-electron chi connectivity index (χ1n) is 8.95. The van der Waals surface area contributed by atoms with Crippen LogP contribution in [0.5, 0.6) is 0 Å². The van der Waals surface area contributed by atoms with Gasteiger partial charge in [0, 0.05) is 33.3 Å². The van der Waals surface area contributed by atoms with Gasteiger partial charge in [-0.05, 0) is 45.2 Å². The number of nitrogens with one attached hydrogen (secondary N) is 2. The van der Waals surface area contributed by atoms with Crippen LogP contribution in [0.4, 0.5) is 0 Å². The molecule has 23 heavy (non-hydrogen) atoms. The van der Waals surface area contributed by atoms with Crippen molar-refractivity contribution in [2.75, 3.05) is 46.4 Å². The third kappa shape index (κ3) is 10.4. The van der Waals surface area contributed by atoms with E-state index in [0.29, 0.717) is 12.0 Å². The number of halogens is 1. The van der Waals surface area contributed by atoms with Gasteiger partial charge >= 0.3 is 0 Å². The van der Waals surface area contributed by atoms with Gasteiger partial charge in [0.25, 0.3) is 0 Å². The molecule has 0 aromatic carbocycles. The third-order valence-electron chi connectivity index (χ3n) is 4.24.